The van der Waals surface area contributed by atoms with Crippen LogP contribution in [-0.4, -0.2) is 8.07 Å². The summed E-state index contributed by atoms with van der Waals surface area (Å²) in [5.74, 6) is 1.50. The summed E-state index contributed by atoms with van der Waals surface area (Å²) in [6.07, 6.45) is 0. The molecular weight excluding hydrogens is 430 g/mol. The Hall–Kier alpha value is 0.640. The molecule has 0 saturated heterocycles. The Morgan fingerprint density at radius 3 is 1.38 bits per heavy atom. The van der Waals surface area contributed by atoms with E-state index in [0.29, 0.717) is 0 Å². The van der Waals surface area contributed by atoms with Gasteiger partial charge in [0.2, 0.25) is 0 Å². The third-order valence-electron chi connectivity index (χ3n) is 6.95. The van der Waals surface area contributed by atoms with Crippen LogP contribution >= 0.6 is 0 Å². The number of hydrogen-bond donors (Lipinski definition) is 0. The Kier molecular flexibility index (Phi) is 7.29. The zero-order valence-electron chi connectivity index (χ0n) is 16.3. The number of fused-ring (bicyclic) bond motifs is 2. The van der Waals surface area contributed by atoms with Crippen molar-refractivity contribution in [3.05, 3.63) is 39.2 Å². The minimum Gasteiger partial charge on any atom is -1.00 e. The van der Waals surface area contributed by atoms with Gasteiger partial charge in [0.25, 0.3) is 0 Å². The third-order valence-corrected chi connectivity index (χ3v) is 18.1. The summed E-state index contributed by atoms with van der Waals surface area (Å²) < 4.78 is 3.81. The maximum atomic E-state index is 2.49. The Labute approximate surface area is 173 Å². The Morgan fingerprint density at radius 2 is 1.08 bits per heavy atom. The van der Waals surface area contributed by atoms with Crippen molar-refractivity contribution in [3.8, 4) is 0 Å². The van der Waals surface area contributed by atoms with E-state index in [1.807, 2.05) is 17.0 Å². The van der Waals surface area contributed by atoms with E-state index in [1.54, 1.807) is 22.3 Å². The van der Waals surface area contributed by atoms with Gasteiger partial charge in [-0.1, -0.05) is 0 Å². The van der Waals surface area contributed by atoms with Gasteiger partial charge in [-0.25, -0.2) is 0 Å². The zero-order chi connectivity index (χ0) is 16.4. The van der Waals surface area contributed by atoms with Crippen LogP contribution in [0.3, 0.4) is 0 Å². The first-order valence-electron chi connectivity index (χ1n) is 8.93. The van der Waals surface area contributed by atoms with Gasteiger partial charge in [-0.05, 0) is 0 Å². The molecule has 0 aromatic rings. The molecule has 0 saturated carbocycles. The molecule has 0 radical (unpaired) electrons. The fraction of sp³-hybridized carbons (Fsp3) is 0.600. The molecule has 0 N–H and O–H groups in total. The maximum Gasteiger partial charge on any atom is -1.00 e. The Bertz CT molecular complexity index is 624. The number of allylic oxidation sites excluding steroid dienone is 8. The minimum atomic E-state index is -1.55. The molecule has 1 aliphatic heterocycles. The van der Waals surface area contributed by atoms with Gasteiger partial charge in [-0.2, -0.15) is 0 Å². The molecule has 2 aliphatic carbocycles. The van der Waals surface area contributed by atoms with Crippen molar-refractivity contribution in [2.45, 2.75) is 67.5 Å². The van der Waals surface area contributed by atoms with E-state index < -0.39 is 31.3 Å². The molecule has 132 valence electrons. The fourth-order valence-electron chi connectivity index (χ4n) is 5.48. The molecule has 2 unspecified atom stereocenters. The second-order valence-electron chi connectivity index (χ2n) is 7.55. The molecule has 0 aromatic heterocycles. The molecule has 3 rings (SSSR count). The summed E-state index contributed by atoms with van der Waals surface area (Å²) >= 11 is -0.588. The fourth-order valence-corrected chi connectivity index (χ4v) is 16.3. The topological polar surface area (TPSA) is 0 Å². The van der Waals surface area contributed by atoms with E-state index in [9.17, 15) is 0 Å². The summed E-state index contributed by atoms with van der Waals surface area (Å²) in [4.78, 5) is 0. The van der Waals surface area contributed by atoms with E-state index in [4.69, 9.17) is 0 Å². The van der Waals surface area contributed by atoms with Crippen molar-refractivity contribution >= 4 is 8.07 Å². The molecule has 0 spiro atoms. The predicted molar refractivity (Wildman–Crippen MR) is 95.8 cm³/mol. The summed E-state index contributed by atoms with van der Waals surface area (Å²) in [7, 11) is -1.55. The van der Waals surface area contributed by atoms with Crippen LogP contribution in [0.5, 0.6) is 0 Å². The molecule has 0 amide bonds. The molecule has 0 nitrogen and oxygen atoms in total. The van der Waals surface area contributed by atoms with Gasteiger partial charge in [-0.3, -0.25) is 0 Å². The van der Waals surface area contributed by atoms with Crippen LogP contribution in [0, 0.1) is 11.8 Å². The monoisotopic (exact) mass is 458 g/mol. The van der Waals surface area contributed by atoms with E-state index in [1.165, 1.54) is 12.1 Å². The normalized spacial score (nSPS) is 27.3. The average molecular weight is 461 g/mol. The van der Waals surface area contributed by atoms with E-state index >= 15 is 0 Å². The van der Waals surface area contributed by atoms with Crippen LogP contribution in [0.2, 0.25) is 12.1 Å². The summed E-state index contributed by atoms with van der Waals surface area (Å²) in [6.45, 7) is 19.8. The van der Waals surface area contributed by atoms with Gasteiger partial charge in [-0.15, -0.1) is 0 Å². The number of halogens is 2. The first-order chi connectivity index (χ1) is 10.3. The van der Waals surface area contributed by atoms with Crippen molar-refractivity contribution in [3.63, 3.8) is 0 Å². The Morgan fingerprint density at radius 1 is 0.750 bits per heavy atom. The first-order valence-corrected chi connectivity index (χ1v) is 13.8. The van der Waals surface area contributed by atoms with E-state index in [0.717, 1.165) is 11.8 Å². The number of hydrogen-bond acceptors (Lipinski definition) is 0. The molecule has 4 heteroatoms. The predicted octanol–water partition coefficient (Wildman–Crippen LogP) is 0.138. The van der Waals surface area contributed by atoms with Gasteiger partial charge in [0.1, 0.15) is 0 Å². The number of rotatable bonds is 2. The smallest absolute Gasteiger partial charge is 1.00 e. The van der Waals surface area contributed by atoms with Gasteiger partial charge in [0, 0.05) is 0 Å². The van der Waals surface area contributed by atoms with Crippen molar-refractivity contribution in [1.29, 1.82) is 0 Å². The quantitative estimate of drug-likeness (QED) is 0.515. The zero-order valence-corrected chi connectivity index (χ0v) is 21.3. The van der Waals surface area contributed by atoms with Crippen molar-refractivity contribution in [1.82, 2.24) is 0 Å². The van der Waals surface area contributed by atoms with E-state index in [2.05, 4.69) is 55.4 Å². The first kappa shape index (κ1) is 22.7. The third kappa shape index (κ3) is 2.70. The molecule has 4 bridgehead atoms. The van der Waals surface area contributed by atoms with Gasteiger partial charge in [0.15, 0.2) is 0 Å². The summed E-state index contributed by atoms with van der Waals surface area (Å²) in [6, 6.07) is 2.76. The minimum absolute atomic E-state index is 0. The summed E-state index contributed by atoms with van der Waals surface area (Å²) in [5.41, 5.74) is 7.02. The molecule has 24 heavy (non-hydrogen) atoms. The summed E-state index contributed by atoms with van der Waals surface area (Å²) in [5, 5.41) is 3.76. The molecule has 0 aromatic carbocycles. The van der Waals surface area contributed by atoms with E-state index in [-0.39, 0.29) is 24.8 Å². The molecule has 2 atom stereocenters. The van der Waals surface area contributed by atoms with Crippen LogP contribution in [-0.2, 0) is 23.2 Å². The molecule has 0 fully saturated rings. The maximum absolute atomic E-state index is 2.49. The standard InChI is InChI=1S/C20H30Si.2ClH.Zr/c1-9-21(10-2,19-15(5)11-13(3)17(19)7)20-16(6)12-14(4)18(20)8;;;/h13-14H,9-10H2,1-8H3;2*1H;/q;;;+2/p-2. The van der Waals surface area contributed by atoms with Gasteiger partial charge < -0.3 is 24.8 Å². The molecule has 1 heterocycles. The van der Waals surface area contributed by atoms with Crippen LogP contribution in [0.1, 0.15) is 55.4 Å². The van der Waals surface area contributed by atoms with Crippen LogP contribution < -0.4 is 24.8 Å². The Balaban J connectivity index is 0.00000144. The molecule has 3 aliphatic rings. The van der Waals surface area contributed by atoms with Crippen molar-refractivity contribution in [2.75, 3.05) is 0 Å². The van der Waals surface area contributed by atoms with Crippen LogP contribution in [0.15, 0.2) is 39.2 Å². The van der Waals surface area contributed by atoms with Crippen LogP contribution in [0.4, 0.5) is 0 Å². The largest absolute Gasteiger partial charge is 1.00 e. The van der Waals surface area contributed by atoms with Gasteiger partial charge >= 0.3 is 150 Å². The SMILES string of the molecule is CC[Si]1(CC)C2=C(C)C(C)[C](=C2C)[Zr+2][C]2=C(C)C1=C(C)C2C.[Cl-].[Cl-]. The van der Waals surface area contributed by atoms with Crippen molar-refractivity contribution in [2.24, 2.45) is 11.8 Å². The van der Waals surface area contributed by atoms with Crippen LogP contribution in [0.25, 0.3) is 0 Å². The van der Waals surface area contributed by atoms with Gasteiger partial charge in [0.05, 0.1) is 0 Å². The van der Waals surface area contributed by atoms with Crippen molar-refractivity contribution < 1.29 is 48.0 Å². The molecular formula is C20H30Cl2SiZr. The second kappa shape index (κ2) is 7.71. The second-order valence-corrected chi connectivity index (χ2v) is 15.4. The average Bonchev–Trinajstić information content (AvgIpc) is 2.85.